The Labute approximate surface area is 171 Å². The minimum absolute atomic E-state index is 0.0952. The number of aliphatic hydroxyl groups is 1. The number of aryl methyl sites for hydroxylation is 4. The maximum absolute atomic E-state index is 13.0. The summed E-state index contributed by atoms with van der Waals surface area (Å²) in [6, 6.07) is 7.92. The molecular formula is C21H24N2O5S. The fourth-order valence-corrected chi connectivity index (χ4v) is 4.62. The average molecular weight is 416 g/mol. The third kappa shape index (κ3) is 3.90. The molecule has 2 aromatic heterocycles. The fourth-order valence-electron chi connectivity index (χ4n) is 3.40. The number of carbonyl (C=O) groups is 1. The van der Waals surface area contributed by atoms with Crippen LogP contribution in [0.25, 0.3) is 10.2 Å². The highest BCUT2D eigenvalue weighted by Crippen LogP contribution is 2.28. The van der Waals surface area contributed by atoms with Crippen molar-refractivity contribution >= 4 is 27.5 Å². The fraction of sp³-hybridized carbons (Fsp3) is 0.381. The van der Waals surface area contributed by atoms with Crippen molar-refractivity contribution in [1.82, 2.24) is 9.13 Å². The van der Waals surface area contributed by atoms with Crippen LogP contribution in [0, 0.1) is 13.8 Å². The molecule has 29 heavy (non-hydrogen) atoms. The van der Waals surface area contributed by atoms with Crippen LogP contribution >= 0.6 is 11.3 Å². The zero-order valence-electron chi connectivity index (χ0n) is 16.7. The Hall–Kier alpha value is -2.71. The number of carbonyl (C=O) groups excluding carboxylic acids is 1. The van der Waals surface area contributed by atoms with Gasteiger partial charge in [-0.25, -0.2) is 9.59 Å². The molecule has 154 valence electrons. The van der Waals surface area contributed by atoms with Gasteiger partial charge in [0.25, 0.3) is 5.56 Å². The van der Waals surface area contributed by atoms with Gasteiger partial charge >= 0.3 is 11.7 Å². The average Bonchev–Trinajstić information content (AvgIpc) is 3.04. The van der Waals surface area contributed by atoms with Crippen LogP contribution in [0.4, 0.5) is 0 Å². The number of aromatic nitrogens is 2. The van der Waals surface area contributed by atoms with Crippen molar-refractivity contribution in [1.29, 1.82) is 0 Å². The minimum Gasteiger partial charge on any atom is -0.462 e. The number of hydrogen-bond acceptors (Lipinski definition) is 6. The van der Waals surface area contributed by atoms with Gasteiger partial charge in [0.2, 0.25) is 0 Å². The van der Waals surface area contributed by atoms with Gasteiger partial charge in [0.15, 0.2) is 0 Å². The van der Waals surface area contributed by atoms with Crippen LogP contribution in [0.3, 0.4) is 0 Å². The molecule has 0 fully saturated rings. The summed E-state index contributed by atoms with van der Waals surface area (Å²) in [5.41, 5.74) is 1.75. The van der Waals surface area contributed by atoms with Crippen molar-refractivity contribution in [3.63, 3.8) is 0 Å². The maximum Gasteiger partial charge on any atom is 0.348 e. The van der Waals surface area contributed by atoms with Crippen LogP contribution in [0.15, 0.2) is 33.9 Å². The lowest BCUT2D eigenvalue weighted by Gasteiger charge is -2.12. The second kappa shape index (κ2) is 8.75. The lowest BCUT2D eigenvalue weighted by Crippen LogP contribution is -2.40. The van der Waals surface area contributed by atoms with E-state index in [9.17, 15) is 19.5 Å². The quantitative estimate of drug-likeness (QED) is 0.597. The largest absolute Gasteiger partial charge is 0.462 e. The Balaban J connectivity index is 2.20. The van der Waals surface area contributed by atoms with Crippen molar-refractivity contribution in [3.05, 3.63) is 66.7 Å². The van der Waals surface area contributed by atoms with E-state index in [4.69, 9.17) is 4.74 Å². The summed E-state index contributed by atoms with van der Waals surface area (Å²) < 4.78 is 7.67. The molecule has 7 nitrogen and oxygen atoms in total. The molecule has 3 aromatic rings. The van der Waals surface area contributed by atoms with Crippen LogP contribution in [-0.4, -0.2) is 33.4 Å². The number of ether oxygens (including phenoxy) is 1. The van der Waals surface area contributed by atoms with E-state index in [-0.39, 0.29) is 19.8 Å². The second-order valence-electron chi connectivity index (χ2n) is 6.75. The number of benzene rings is 1. The Kier molecular flexibility index (Phi) is 6.34. The molecule has 0 aliphatic heterocycles. The number of thiophene rings is 1. The zero-order valence-corrected chi connectivity index (χ0v) is 17.5. The number of fused-ring (bicyclic) bond motifs is 1. The van der Waals surface area contributed by atoms with Gasteiger partial charge in [-0.2, -0.15) is 0 Å². The van der Waals surface area contributed by atoms with E-state index in [1.807, 2.05) is 31.2 Å². The normalized spacial score (nSPS) is 11.2. The van der Waals surface area contributed by atoms with Crippen molar-refractivity contribution in [3.8, 4) is 0 Å². The van der Waals surface area contributed by atoms with Crippen LogP contribution in [0.5, 0.6) is 0 Å². The number of aliphatic hydroxyl groups excluding tert-OH is 1. The van der Waals surface area contributed by atoms with E-state index in [0.717, 1.165) is 27.0 Å². The predicted molar refractivity (Wildman–Crippen MR) is 113 cm³/mol. The molecule has 0 unspecified atom stereocenters. The van der Waals surface area contributed by atoms with Gasteiger partial charge in [0.1, 0.15) is 9.71 Å². The smallest absolute Gasteiger partial charge is 0.348 e. The van der Waals surface area contributed by atoms with Crippen LogP contribution in [0.1, 0.15) is 33.3 Å². The van der Waals surface area contributed by atoms with Crippen LogP contribution in [0.2, 0.25) is 0 Å². The summed E-state index contributed by atoms with van der Waals surface area (Å²) in [5, 5.41) is 9.66. The minimum atomic E-state index is -0.503. The molecule has 0 amide bonds. The van der Waals surface area contributed by atoms with Crippen molar-refractivity contribution in [2.45, 2.75) is 40.3 Å². The van der Waals surface area contributed by atoms with Gasteiger partial charge in [-0.15, -0.1) is 11.3 Å². The Morgan fingerprint density at radius 3 is 2.52 bits per heavy atom. The third-order valence-electron chi connectivity index (χ3n) is 4.94. The molecule has 0 atom stereocenters. The molecule has 0 spiro atoms. The van der Waals surface area contributed by atoms with Crippen LogP contribution in [-0.2, 0) is 24.2 Å². The van der Waals surface area contributed by atoms with Crippen molar-refractivity contribution in [2.24, 2.45) is 0 Å². The molecule has 3 rings (SSSR count). The number of rotatable bonds is 7. The van der Waals surface area contributed by atoms with Gasteiger partial charge < -0.3 is 9.84 Å². The lowest BCUT2D eigenvalue weighted by atomic mass is 10.1. The summed E-state index contributed by atoms with van der Waals surface area (Å²) in [6.07, 6.45) is 0.602. The molecule has 1 N–H and O–H groups in total. The highest BCUT2D eigenvalue weighted by molar-refractivity contribution is 7.20. The number of nitrogens with zero attached hydrogens (tertiary/aromatic N) is 2. The van der Waals surface area contributed by atoms with Crippen LogP contribution < -0.4 is 11.2 Å². The SMILES string of the molecule is CCOC(=O)c1sc2c(c1C)c(=O)n(CCO)c(=O)n2CCc1ccccc1C. The van der Waals surface area contributed by atoms with Crippen molar-refractivity contribution in [2.75, 3.05) is 13.2 Å². The highest BCUT2D eigenvalue weighted by Gasteiger charge is 2.23. The molecule has 2 heterocycles. The molecule has 0 radical (unpaired) electrons. The van der Waals surface area contributed by atoms with Gasteiger partial charge in [-0.3, -0.25) is 13.9 Å². The molecular weight excluding hydrogens is 392 g/mol. The van der Waals surface area contributed by atoms with E-state index < -0.39 is 17.2 Å². The monoisotopic (exact) mass is 416 g/mol. The summed E-state index contributed by atoms with van der Waals surface area (Å²) in [5.74, 6) is -0.503. The van der Waals surface area contributed by atoms with E-state index in [2.05, 4.69) is 0 Å². The number of esters is 1. The van der Waals surface area contributed by atoms with Gasteiger partial charge in [0, 0.05) is 6.54 Å². The molecule has 1 aromatic carbocycles. The summed E-state index contributed by atoms with van der Waals surface area (Å²) in [7, 11) is 0. The lowest BCUT2D eigenvalue weighted by molar-refractivity contribution is 0.0531. The first-order valence-electron chi connectivity index (χ1n) is 9.49. The van der Waals surface area contributed by atoms with E-state index in [0.29, 0.717) is 33.6 Å². The maximum atomic E-state index is 13.0. The third-order valence-corrected chi connectivity index (χ3v) is 6.24. The summed E-state index contributed by atoms with van der Waals surface area (Å²) in [4.78, 5) is 39.1. The second-order valence-corrected chi connectivity index (χ2v) is 7.75. The highest BCUT2D eigenvalue weighted by atomic mass is 32.1. The Morgan fingerprint density at radius 1 is 1.14 bits per heavy atom. The molecule has 0 aliphatic carbocycles. The van der Waals surface area contributed by atoms with Crippen molar-refractivity contribution < 1.29 is 14.6 Å². The Morgan fingerprint density at radius 2 is 1.86 bits per heavy atom. The first kappa shape index (κ1) is 21.0. The first-order chi connectivity index (χ1) is 13.9. The molecule has 0 saturated heterocycles. The Bertz CT molecular complexity index is 1170. The van der Waals surface area contributed by atoms with Gasteiger partial charge in [-0.05, 0) is 43.9 Å². The molecule has 8 heteroatoms. The molecule has 0 bridgehead atoms. The number of hydrogen-bond donors (Lipinski definition) is 1. The van der Waals surface area contributed by atoms with Gasteiger partial charge in [-0.1, -0.05) is 24.3 Å². The zero-order chi connectivity index (χ0) is 21.1. The van der Waals surface area contributed by atoms with E-state index >= 15 is 0 Å². The van der Waals surface area contributed by atoms with E-state index in [1.165, 1.54) is 4.57 Å². The van der Waals surface area contributed by atoms with E-state index in [1.54, 1.807) is 13.8 Å². The summed E-state index contributed by atoms with van der Waals surface area (Å²) >= 11 is 1.11. The standard InChI is InChI=1S/C21H24N2O5S/c1-4-28-20(26)17-14(3)16-18(25)22(11-12-24)21(27)23(19(16)29-17)10-9-15-8-6-5-7-13(15)2/h5-8,24H,4,9-12H2,1-3H3. The summed E-state index contributed by atoms with van der Waals surface area (Å²) in [6.45, 7) is 5.57. The molecule has 0 saturated carbocycles. The topological polar surface area (TPSA) is 90.5 Å². The molecule has 0 aliphatic rings. The van der Waals surface area contributed by atoms with Gasteiger partial charge in [0.05, 0.1) is 25.1 Å². The first-order valence-corrected chi connectivity index (χ1v) is 10.3. The predicted octanol–water partition coefficient (Wildman–Crippen LogP) is 2.25.